The molecule has 0 spiro atoms. The second kappa shape index (κ2) is 8.68. The number of likely N-dealkylation sites (tertiary alicyclic amines) is 1. The number of nitrogens with zero attached hydrogens (tertiary/aromatic N) is 2. The maximum atomic E-state index is 12.4. The molecule has 0 aliphatic carbocycles. The molecule has 2 rings (SSSR count). The van der Waals surface area contributed by atoms with Crippen LogP contribution in [0.2, 0.25) is 0 Å². The lowest BCUT2D eigenvalue weighted by Crippen LogP contribution is -2.38. The van der Waals surface area contributed by atoms with Gasteiger partial charge in [-0.3, -0.25) is 4.79 Å². The van der Waals surface area contributed by atoms with Crippen molar-refractivity contribution in [1.29, 1.82) is 0 Å². The van der Waals surface area contributed by atoms with Crippen LogP contribution in [0.5, 0.6) is 0 Å². The van der Waals surface area contributed by atoms with Crippen LogP contribution in [0, 0.1) is 0 Å². The van der Waals surface area contributed by atoms with E-state index in [9.17, 15) is 4.79 Å². The summed E-state index contributed by atoms with van der Waals surface area (Å²) in [4.78, 5) is 16.9. The molecule has 1 heterocycles. The zero-order chi connectivity index (χ0) is 15.9. The van der Waals surface area contributed by atoms with E-state index in [1.165, 1.54) is 5.56 Å². The number of hydrogen-bond acceptors (Lipinski definition) is 2. The van der Waals surface area contributed by atoms with Gasteiger partial charge < -0.3 is 9.80 Å². The minimum atomic E-state index is 0.314. The Labute approximate surface area is 142 Å². The molecule has 0 aromatic heterocycles. The summed E-state index contributed by atoms with van der Waals surface area (Å²) < 4.78 is 0. The molecule has 2 unspecified atom stereocenters. The lowest BCUT2D eigenvalue weighted by atomic mass is 9.93. The van der Waals surface area contributed by atoms with E-state index in [0.717, 1.165) is 37.8 Å². The quantitative estimate of drug-likeness (QED) is 0.544. The van der Waals surface area contributed by atoms with Gasteiger partial charge in [-0.2, -0.15) is 0 Å². The summed E-state index contributed by atoms with van der Waals surface area (Å²) >= 11 is 3.43. The van der Waals surface area contributed by atoms with Crippen molar-refractivity contribution in [3.63, 3.8) is 0 Å². The van der Waals surface area contributed by atoms with E-state index in [-0.39, 0.29) is 0 Å². The Kier molecular flexibility index (Phi) is 6.90. The first kappa shape index (κ1) is 17.5. The molecule has 1 amide bonds. The molecule has 3 nitrogen and oxygen atoms in total. The highest BCUT2D eigenvalue weighted by molar-refractivity contribution is 9.09. The van der Waals surface area contributed by atoms with Gasteiger partial charge in [-0.25, -0.2) is 0 Å². The summed E-state index contributed by atoms with van der Waals surface area (Å²) in [6.07, 6.45) is 2.72. The number of carbonyl (C=O) groups is 1. The number of carbonyl (C=O) groups excluding carboxylic acids is 1. The molecule has 1 aliphatic heterocycles. The van der Waals surface area contributed by atoms with Crippen LogP contribution >= 0.6 is 15.9 Å². The van der Waals surface area contributed by atoms with Crippen LogP contribution in [-0.4, -0.2) is 53.8 Å². The first-order chi connectivity index (χ1) is 10.7. The van der Waals surface area contributed by atoms with Gasteiger partial charge in [0.2, 0.25) is 5.91 Å². The Bertz CT molecular complexity index is 465. The maximum Gasteiger partial charge on any atom is 0.222 e. The second-order valence-electron chi connectivity index (χ2n) is 6.10. The standard InChI is InChI=1S/C18H27BrN2O/c1-3-20(2)17-14-21(18(22)11-7-8-12-19)13-16(17)15-9-5-4-6-10-15/h4-6,9-10,16-17H,3,7-8,11-14H2,1-2H3. The Morgan fingerprint density at radius 1 is 1.27 bits per heavy atom. The number of halogens is 1. The first-order valence-electron chi connectivity index (χ1n) is 8.26. The lowest BCUT2D eigenvalue weighted by Gasteiger charge is -2.27. The minimum absolute atomic E-state index is 0.314. The van der Waals surface area contributed by atoms with Gasteiger partial charge in [-0.15, -0.1) is 0 Å². The van der Waals surface area contributed by atoms with Gasteiger partial charge in [0.15, 0.2) is 0 Å². The molecule has 1 aromatic rings. The van der Waals surface area contributed by atoms with Crippen molar-refractivity contribution in [1.82, 2.24) is 9.80 Å². The van der Waals surface area contributed by atoms with Gasteiger partial charge in [0, 0.05) is 36.8 Å². The van der Waals surface area contributed by atoms with E-state index in [1.807, 2.05) is 0 Å². The highest BCUT2D eigenvalue weighted by Gasteiger charge is 2.37. The molecule has 0 saturated carbocycles. The molecule has 1 fully saturated rings. The topological polar surface area (TPSA) is 23.6 Å². The van der Waals surface area contributed by atoms with E-state index in [2.05, 4.69) is 70.0 Å². The molecular formula is C18H27BrN2O. The van der Waals surface area contributed by atoms with Crippen molar-refractivity contribution in [3.05, 3.63) is 35.9 Å². The van der Waals surface area contributed by atoms with Crippen LogP contribution < -0.4 is 0 Å². The van der Waals surface area contributed by atoms with Crippen LogP contribution in [0.25, 0.3) is 0 Å². The molecule has 4 heteroatoms. The predicted molar refractivity (Wildman–Crippen MR) is 95.5 cm³/mol. The lowest BCUT2D eigenvalue weighted by molar-refractivity contribution is -0.130. The second-order valence-corrected chi connectivity index (χ2v) is 6.90. The summed E-state index contributed by atoms with van der Waals surface area (Å²) in [5.41, 5.74) is 1.35. The molecule has 1 aliphatic rings. The van der Waals surface area contributed by atoms with Gasteiger partial charge in [-0.1, -0.05) is 53.2 Å². The zero-order valence-corrected chi connectivity index (χ0v) is 15.3. The van der Waals surface area contributed by atoms with Crippen molar-refractivity contribution in [2.75, 3.05) is 32.0 Å². The smallest absolute Gasteiger partial charge is 0.222 e. The van der Waals surface area contributed by atoms with Crippen LogP contribution in [0.4, 0.5) is 0 Å². The molecule has 2 atom stereocenters. The van der Waals surface area contributed by atoms with Gasteiger partial charge in [0.25, 0.3) is 0 Å². The molecule has 0 radical (unpaired) electrons. The largest absolute Gasteiger partial charge is 0.340 e. The molecule has 22 heavy (non-hydrogen) atoms. The normalized spacial score (nSPS) is 21.5. The molecule has 1 aromatic carbocycles. The Hall–Kier alpha value is -0.870. The fraction of sp³-hybridized carbons (Fsp3) is 0.611. The predicted octanol–water partition coefficient (Wildman–Crippen LogP) is 3.50. The van der Waals surface area contributed by atoms with Crippen LogP contribution in [0.3, 0.4) is 0 Å². The third-order valence-electron chi connectivity index (χ3n) is 4.71. The van der Waals surface area contributed by atoms with Gasteiger partial charge >= 0.3 is 0 Å². The third kappa shape index (κ3) is 4.32. The average molecular weight is 367 g/mol. The summed E-state index contributed by atoms with van der Waals surface area (Å²) in [5, 5.41) is 0.980. The van der Waals surface area contributed by atoms with Crippen molar-refractivity contribution in [3.8, 4) is 0 Å². The molecule has 1 saturated heterocycles. The van der Waals surface area contributed by atoms with Crippen molar-refractivity contribution >= 4 is 21.8 Å². The number of benzene rings is 1. The van der Waals surface area contributed by atoms with E-state index < -0.39 is 0 Å². The summed E-state index contributed by atoms with van der Waals surface area (Å²) in [7, 11) is 2.17. The Morgan fingerprint density at radius 2 is 2.00 bits per heavy atom. The average Bonchev–Trinajstić information content (AvgIpc) is 3.00. The maximum absolute atomic E-state index is 12.4. The number of rotatable bonds is 7. The molecule has 0 N–H and O–H groups in total. The van der Waals surface area contributed by atoms with E-state index in [4.69, 9.17) is 0 Å². The van der Waals surface area contributed by atoms with Crippen LogP contribution in [0.1, 0.15) is 37.7 Å². The van der Waals surface area contributed by atoms with Crippen LogP contribution in [0.15, 0.2) is 30.3 Å². The van der Waals surface area contributed by atoms with E-state index in [1.54, 1.807) is 0 Å². The highest BCUT2D eigenvalue weighted by atomic mass is 79.9. The number of amides is 1. The minimum Gasteiger partial charge on any atom is -0.340 e. The van der Waals surface area contributed by atoms with Crippen molar-refractivity contribution in [2.24, 2.45) is 0 Å². The number of alkyl halides is 1. The molecule has 0 bridgehead atoms. The molecule has 122 valence electrons. The third-order valence-corrected chi connectivity index (χ3v) is 5.27. The summed E-state index contributed by atoms with van der Waals surface area (Å²) in [6.45, 7) is 4.91. The van der Waals surface area contributed by atoms with Crippen molar-refractivity contribution < 1.29 is 4.79 Å². The van der Waals surface area contributed by atoms with Crippen LogP contribution in [-0.2, 0) is 4.79 Å². The highest BCUT2D eigenvalue weighted by Crippen LogP contribution is 2.31. The van der Waals surface area contributed by atoms with Crippen molar-refractivity contribution in [2.45, 2.75) is 38.1 Å². The first-order valence-corrected chi connectivity index (χ1v) is 9.38. The Morgan fingerprint density at radius 3 is 2.64 bits per heavy atom. The van der Waals surface area contributed by atoms with E-state index in [0.29, 0.717) is 24.3 Å². The number of hydrogen-bond donors (Lipinski definition) is 0. The number of likely N-dealkylation sites (N-methyl/N-ethyl adjacent to an activating group) is 1. The zero-order valence-electron chi connectivity index (χ0n) is 13.7. The monoisotopic (exact) mass is 366 g/mol. The van der Waals surface area contributed by atoms with E-state index >= 15 is 0 Å². The number of unbranched alkanes of at least 4 members (excludes halogenated alkanes) is 1. The fourth-order valence-corrected chi connectivity index (χ4v) is 3.62. The summed E-state index contributed by atoms with van der Waals surface area (Å²) in [5.74, 6) is 0.736. The van der Waals surface area contributed by atoms with Gasteiger partial charge in [-0.05, 0) is 32.0 Å². The Balaban J connectivity index is 2.06. The summed E-state index contributed by atoms with van der Waals surface area (Å²) in [6, 6.07) is 11.1. The fourth-order valence-electron chi connectivity index (χ4n) is 3.23. The van der Waals surface area contributed by atoms with Gasteiger partial charge in [0.1, 0.15) is 0 Å². The molecular weight excluding hydrogens is 340 g/mol. The van der Waals surface area contributed by atoms with Gasteiger partial charge in [0.05, 0.1) is 0 Å². The SMILES string of the molecule is CCN(C)C1CN(C(=O)CCCCBr)CC1c1ccccc1.